The van der Waals surface area contributed by atoms with Crippen LogP contribution in [0.3, 0.4) is 0 Å². The molecule has 0 amide bonds. The molecule has 0 radical (unpaired) electrons. The second-order valence-corrected chi connectivity index (χ2v) is 6.03. The van der Waals surface area contributed by atoms with Crippen LogP contribution < -0.4 is 14.6 Å². The number of hydrogen-bond acceptors (Lipinski definition) is 4. The molecule has 2 aromatic carbocycles. The van der Waals surface area contributed by atoms with Gasteiger partial charge in [-0.1, -0.05) is 18.2 Å². The fourth-order valence-electron chi connectivity index (χ4n) is 2.58. The summed E-state index contributed by atoms with van der Waals surface area (Å²) in [4.78, 5) is 3.21. The van der Waals surface area contributed by atoms with E-state index in [0.29, 0.717) is 18.7 Å². The Labute approximate surface area is 142 Å². The van der Waals surface area contributed by atoms with Crippen LogP contribution >= 0.6 is 0 Å². The number of methoxy groups -OCH3 is 1. The first kappa shape index (κ1) is 16.5. The zero-order valence-corrected chi connectivity index (χ0v) is 14.0. The zero-order valence-electron chi connectivity index (χ0n) is 13.2. The van der Waals surface area contributed by atoms with E-state index in [0.717, 1.165) is 26.6 Å². The molecule has 6 nitrogen and oxygen atoms in total. The number of nitrogens with zero attached hydrogens (tertiary/aromatic N) is 1. The average Bonchev–Trinajstić information content (AvgIpc) is 3.01. The third kappa shape index (κ3) is 3.59. The Morgan fingerprint density at radius 3 is 2.75 bits per heavy atom. The molecule has 0 saturated carbocycles. The number of fused-ring (bicyclic) bond motifs is 1. The molecular formula is C17H18N3O3S-. The van der Waals surface area contributed by atoms with Crippen molar-refractivity contribution in [1.82, 2.24) is 10.4 Å². The molecule has 126 valence electrons. The first-order valence-corrected chi connectivity index (χ1v) is 8.54. The van der Waals surface area contributed by atoms with Crippen molar-refractivity contribution in [3.8, 4) is 5.75 Å². The lowest BCUT2D eigenvalue weighted by atomic mass is 10.1. The van der Waals surface area contributed by atoms with Gasteiger partial charge in [0, 0.05) is 23.6 Å². The van der Waals surface area contributed by atoms with E-state index in [-0.39, 0.29) is 0 Å². The number of rotatable bonds is 7. The molecule has 7 heteroatoms. The van der Waals surface area contributed by atoms with Gasteiger partial charge < -0.3 is 14.3 Å². The van der Waals surface area contributed by atoms with Gasteiger partial charge in [-0.05, 0) is 42.3 Å². The Bertz CT molecular complexity index is 835. The average molecular weight is 344 g/mol. The summed E-state index contributed by atoms with van der Waals surface area (Å²) in [6.07, 6.45) is 2.61. The maximum atomic E-state index is 11.4. The van der Waals surface area contributed by atoms with Gasteiger partial charge in [0.1, 0.15) is 5.75 Å². The molecule has 3 rings (SSSR count). The van der Waals surface area contributed by atoms with Crippen LogP contribution in [0.5, 0.6) is 5.75 Å². The maximum Gasteiger partial charge on any atom is 0.119 e. The summed E-state index contributed by atoms with van der Waals surface area (Å²) in [7, 11) is 1.64. The predicted molar refractivity (Wildman–Crippen MR) is 94.4 cm³/mol. The summed E-state index contributed by atoms with van der Waals surface area (Å²) in [5.41, 5.74) is 5.64. The predicted octanol–water partition coefficient (Wildman–Crippen LogP) is 2.52. The molecule has 1 unspecified atom stereocenters. The van der Waals surface area contributed by atoms with Crippen LogP contribution in [0.25, 0.3) is 10.9 Å². The first-order valence-electron chi connectivity index (χ1n) is 7.51. The Hall–Kier alpha value is -2.35. The van der Waals surface area contributed by atoms with Gasteiger partial charge in [0.15, 0.2) is 0 Å². The van der Waals surface area contributed by atoms with Crippen molar-refractivity contribution in [2.24, 2.45) is 0 Å². The highest BCUT2D eigenvalue weighted by atomic mass is 32.2. The molecule has 0 aliphatic rings. The molecule has 1 heterocycles. The van der Waals surface area contributed by atoms with Gasteiger partial charge in [-0.15, -0.1) is 0 Å². The third-order valence-corrected chi connectivity index (χ3v) is 4.40. The molecule has 24 heavy (non-hydrogen) atoms. The Balaban J connectivity index is 1.70. The van der Waals surface area contributed by atoms with Gasteiger partial charge in [-0.2, -0.15) is 0 Å². The molecule has 1 atom stereocenters. The number of para-hydroxylation sites is 1. The van der Waals surface area contributed by atoms with Gasteiger partial charge in [0.2, 0.25) is 0 Å². The summed E-state index contributed by atoms with van der Waals surface area (Å²) in [6, 6.07) is 14.7. The van der Waals surface area contributed by atoms with Gasteiger partial charge in [0.05, 0.1) is 24.1 Å². The van der Waals surface area contributed by atoms with Crippen LogP contribution in [0, 0.1) is 0 Å². The molecule has 1 aromatic heterocycles. The second kappa shape index (κ2) is 7.48. The summed E-state index contributed by atoms with van der Waals surface area (Å²) in [6.45, 7) is 0.479. The quantitative estimate of drug-likeness (QED) is 0.510. The van der Waals surface area contributed by atoms with Crippen LogP contribution in [0.4, 0.5) is 5.69 Å². The number of H-pyrrole nitrogens is 1. The number of ether oxygens (including phenoxy) is 1. The van der Waals surface area contributed by atoms with E-state index in [4.69, 9.17) is 4.74 Å². The van der Waals surface area contributed by atoms with E-state index >= 15 is 0 Å². The van der Waals surface area contributed by atoms with E-state index < -0.39 is 11.3 Å². The van der Waals surface area contributed by atoms with Crippen LogP contribution in [0.15, 0.2) is 54.7 Å². The van der Waals surface area contributed by atoms with Crippen molar-refractivity contribution >= 4 is 27.9 Å². The topological polar surface area (TPSA) is 80.4 Å². The number of hydrogen-bond donors (Lipinski definition) is 2. The number of aromatic amines is 1. The summed E-state index contributed by atoms with van der Waals surface area (Å²) < 4.78 is 29.3. The van der Waals surface area contributed by atoms with Gasteiger partial charge in [-0.25, -0.2) is 9.84 Å². The fourth-order valence-corrected chi connectivity index (χ4v) is 3.07. The largest absolute Gasteiger partial charge is 0.754 e. The SMILES string of the molecule is COc1ccc2[nH]cc(CCNN(c3ccccc3)S(=O)[O-])c2c1. The highest BCUT2D eigenvalue weighted by Crippen LogP contribution is 2.23. The molecule has 0 bridgehead atoms. The van der Waals surface area contributed by atoms with E-state index in [9.17, 15) is 8.76 Å². The van der Waals surface area contributed by atoms with Crippen LogP contribution in [-0.4, -0.2) is 27.4 Å². The van der Waals surface area contributed by atoms with Crippen LogP contribution in [0.2, 0.25) is 0 Å². The van der Waals surface area contributed by atoms with Crippen molar-refractivity contribution < 1.29 is 13.5 Å². The van der Waals surface area contributed by atoms with E-state index in [1.54, 1.807) is 31.4 Å². The van der Waals surface area contributed by atoms with Crippen molar-refractivity contribution in [3.63, 3.8) is 0 Å². The maximum absolute atomic E-state index is 11.4. The van der Waals surface area contributed by atoms with E-state index in [2.05, 4.69) is 10.4 Å². The molecule has 0 spiro atoms. The number of anilines is 1. The Morgan fingerprint density at radius 1 is 1.25 bits per heavy atom. The Morgan fingerprint density at radius 2 is 2.04 bits per heavy atom. The number of aromatic nitrogens is 1. The summed E-state index contributed by atoms with van der Waals surface area (Å²) >= 11 is -2.39. The van der Waals surface area contributed by atoms with Gasteiger partial charge >= 0.3 is 0 Å². The van der Waals surface area contributed by atoms with Gasteiger partial charge in [-0.3, -0.25) is 4.21 Å². The minimum absolute atomic E-state index is 0.479. The van der Waals surface area contributed by atoms with Crippen LogP contribution in [-0.2, 0) is 17.7 Å². The minimum atomic E-state index is -2.39. The molecule has 2 N–H and O–H groups in total. The molecule has 0 aliphatic carbocycles. The monoisotopic (exact) mass is 344 g/mol. The second-order valence-electron chi connectivity index (χ2n) is 5.23. The summed E-state index contributed by atoms with van der Waals surface area (Å²) in [5, 5.41) is 1.07. The molecule has 0 saturated heterocycles. The van der Waals surface area contributed by atoms with Gasteiger partial charge in [0.25, 0.3) is 0 Å². The fraction of sp³-hybridized carbons (Fsp3) is 0.176. The van der Waals surface area contributed by atoms with E-state index in [1.807, 2.05) is 30.5 Å². The molecular weight excluding hydrogens is 326 g/mol. The smallest absolute Gasteiger partial charge is 0.119 e. The lowest BCUT2D eigenvalue weighted by Crippen LogP contribution is -2.40. The molecule has 0 aliphatic heterocycles. The molecule has 0 fully saturated rings. The third-order valence-electron chi connectivity index (χ3n) is 3.76. The number of hydrazine groups is 1. The summed E-state index contributed by atoms with van der Waals surface area (Å²) in [5.74, 6) is 0.794. The van der Waals surface area contributed by atoms with Crippen molar-refractivity contribution in [1.29, 1.82) is 0 Å². The minimum Gasteiger partial charge on any atom is -0.754 e. The highest BCUT2D eigenvalue weighted by molar-refractivity contribution is 7.80. The molecule has 3 aromatic rings. The number of nitrogens with one attached hydrogen (secondary N) is 2. The normalized spacial score (nSPS) is 12.2. The highest BCUT2D eigenvalue weighted by Gasteiger charge is 2.08. The lowest BCUT2D eigenvalue weighted by molar-refractivity contribution is 0.415. The standard InChI is InChI=1S/C17H19N3O3S/c1-23-15-7-8-17-16(11-15)13(12-18-17)9-10-19-20(24(21)22)14-5-3-2-4-6-14/h2-8,11-12,18-19H,9-10H2,1H3,(H,21,22)/p-1. The zero-order chi connectivity index (χ0) is 16.9. The van der Waals surface area contributed by atoms with E-state index in [1.165, 1.54) is 0 Å². The van der Waals surface area contributed by atoms with Crippen molar-refractivity contribution in [2.75, 3.05) is 18.1 Å². The Kier molecular flexibility index (Phi) is 5.14. The van der Waals surface area contributed by atoms with Crippen molar-refractivity contribution in [2.45, 2.75) is 6.42 Å². The first-order chi connectivity index (χ1) is 11.7. The van der Waals surface area contributed by atoms with Crippen molar-refractivity contribution in [3.05, 3.63) is 60.3 Å². The number of benzene rings is 2. The lowest BCUT2D eigenvalue weighted by Gasteiger charge is -2.26. The van der Waals surface area contributed by atoms with Crippen LogP contribution in [0.1, 0.15) is 5.56 Å².